The number of pyridine rings is 4. The van der Waals surface area contributed by atoms with Gasteiger partial charge < -0.3 is 15.1 Å². The number of halogens is 2. The molecule has 178 valence electrons. The van der Waals surface area contributed by atoms with E-state index in [4.69, 9.17) is 0 Å². The second kappa shape index (κ2) is 9.67. The van der Waals surface area contributed by atoms with Crippen LogP contribution in [-0.2, 0) is 0 Å². The minimum absolute atomic E-state index is 0.166. The van der Waals surface area contributed by atoms with Crippen LogP contribution in [0.15, 0.2) is 61.2 Å². The van der Waals surface area contributed by atoms with E-state index in [-0.39, 0.29) is 11.5 Å². The number of likely N-dealkylation sites (N-methyl/N-ethyl adjacent to an activating group) is 1. The minimum Gasteiger partial charge on any atom is -0.354 e. The first-order valence-electron chi connectivity index (χ1n) is 11.2. The van der Waals surface area contributed by atoms with E-state index in [0.717, 1.165) is 43.6 Å². The number of carbonyl (C=O) groups is 1. The van der Waals surface area contributed by atoms with E-state index in [2.05, 4.69) is 42.1 Å². The summed E-state index contributed by atoms with van der Waals surface area (Å²) in [5.74, 6) is 0.798. The van der Waals surface area contributed by atoms with Gasteiger partial charge in [0.25, 0.3) is 12.3 Å². The minimum atomic E-state index is -2.61. The Labute approximate surface area is 200 Å². The molecule has 1 N–H and O–H groups in total. The molecule has 0 unspecified atom stereocenters. The van der Waals surface area contributed by atoms with Crippen molar-refractivity contribution in [3.05, 3.63) is 72.3 Å². The number of piperazine rings is 1. The topological polar surface area (TPSA) is 87.1 Å². The van der Waals surface area contributed by atoms with Gasteiger partial charge in [0.05, 0.1) is 11.2 Å². The van der Waals surface area contributed by atoms with E-state index >= 15 is 0 Å². The smallest absolute Gasteiger partial charge is 0.265 e. The molecule has 1 aliphatic rings. The lowest BCUT2D eigenvalue weighted by Gasteiger charge is -2.33. The van der Waals surface area contributed by atoms with Gasteiger partial charge in [-0.2, -0.15) is 0 Å². The molecule has 0 bridgehead atoms. The second-order valence-electron chi connectivity index (χ2n) is 8.41. The van der Waals surface area contributed by atoms with Crippen molar-refractivity contribution in [2.45, 2.75) is 6.43 Å². The van der Waals surface area contributed by atoms with Crippen LogP contribution >= 0.6 is 0 Å². The zero-order valence-electron chi connectivity index (χ0n) is 19.0. The molecule has 4 aromatic rings. The zero-order chi connectivity index (χ0) is 24.4. The van der Waals surface area contributed by atoms with Crippen LogP contribution in [-0.4, -0.2) is 64.0 Å². The van der Waals surface area contributed by atoms with Crippen molar-refractivity contribution in [2.24, 2.45) is 0 Å². The highest BCUT2D eigenvalue weighted by atomic mass is 19.3. The number of hydrogen-bond acceptors (Lipinski definition) is 7. The molecule has 10 heteroatoms. The molecule has 35 heavy (non-hydrogen) atoms. The van der Waals surface area contributed by atoms with E-state index in [1.54, 1.807) is 42.7 Å². The highest BCUT2D eigenvalue weighted by molar-refractivity contribution is 6.04. The molecule has 0 saturated carbocycles. The predicted octanol–water partition coefficient (Wildman–Crippen LogP) is 4.03. The van der Waals surface area contributed by atoms with Crippen molar-refractivity contribution in [2.75, 3.05) is 43.4 Å². The van der Waals surface area contributed by atoms with Crippen LogP contribution in [0.1, 0.15) is 22.3 Å². The largest absolute Gasteiger partial charge is 0.354 e. The molecule has 1 amide bonds. The van der Waals surface area contributed by atoms with Crippen molar-refractivity contribution in [3.8, 4) is 11.3 Å². The second-order valence-corrected chi connectivity index (χ2v) is 8.41. The molecule has 8 nitrogen and oxygen atoms in total. The number of nitrogens with zero attached hydrogens (tertiary/aromatic N) is 6. The Balaban J connectivity index is 1.36. The van der Waals surface area contributed by atoms with E-state index in [1.165, 1.54) is 12.3 Å². The third-order valence-corrected chi connectivity index (χ3v) is 5.96. The average Bonchev–Trinajstić information content (AvgIpc) is 2.89. The lowest BCUT2D eigenvalue weighted by Crippen LogP contribution is -2.44. The first-order chi connectivity index (χ1) is 17.0. The monoisotopic (exact) mass is 475 g/mol. The molecule has 0 aliphatic carbocycles. The number of nitrogens with one attached hydrogen (secondary N) is 1. The zero-order valence-corrected chi connectivity index (χ0v) is 19.0. The fourth-order valence-electron chi connectivity index (χ4n) is 3.92. The van der Waals surface area contributed by atoms with Gasteiger partial charge in [-0.1, -0.05) is 0 Å². The van der Waals surface area contributed by atoms with E-state index in [9.17, 15) is 13.6 Å². The maximum absolute atomic E-state index is 13.1. The first kappa shape index (κ1) is 22.7. The van der Waals surface area contributed by atoms with Gasteiger partial charge in [0.15, 0.2) is 0 Å². The van der Waals surface area contributed by atoms with Crippen LogP contribution in [0, 0.1) is 0 Å². The SMILES string of the molecule is CN1CCN(c2cc(C(=O)Nc3cc4nc(-c5cncc(C(F)F)c5)ccc4cn3)ccn2)CC1. The molecule has 1 saturated heterocycles. The summed E-state index contributed by atoms with van der Waals surface area (Å²) in [4.78, 5) is 34.5. The number of aromatic nitrogens is 4. The van der Waals surface area contributed by atoms with Crippen LogP contribution in [0.2, 0.25) is 0 Å². The molecule has 5 heterocycles. The quantitative estimate of drug-likeness (QED) is 0.466. The standard InChI is InChI=1S/C25H23F2N7O/c1-33-6-8-34(9-7-33)23-11-16(4-5-29-23)25(35)32-22-12-21-17(15-30-22)2-3-20(31-21)18-10-19(24(26)27)14-28-13-18/h2-5,10-15,24H,6-9H2,1H3,(H,30,32,35). The molecular formula is C25H23F2N7O. The average molecular weight is 476 g/mol. The maximum atomic E-state index is 13.1. The Kier molecular flexibility index (Phi) is 6.28. The van der Waals surface area contributed by atoms with E-state index in [0.29, 0.717) is 28.2 Å². The van der Waals surface area contributed by atoms with Gasteiger partial charge in [-0.25, -0.2) is 23.7 Å². The summed E-state index contributed by atoms with van der Waals surface area (Å²) in [7, 11) is 2.08. The summed E-state index contributed by atoms with van der Waals surface area (Å²) in [5.41, 5.74) is 1.87. The Morgan fingerprint density at radius 2 is 1.83 bits per heavy atom. The van der Waals surface area contributed by atoms with Crippen molar-refractivity contribution >= 4 is 28.4 Å². The summed E-state index contributed by atoms with van der Waals surface area (Å²) in [5, 5.41) is 3.57. The number of alkyl halides is 2. The van der Waals surface area contributed by atoms with Crippen LogP contribution < -0.4 is 10.2 Å². The molecular weight excluding hydrogens is 452 g/mol. The van der Waals surface area contributed by atoms with E-state index in [1.807, 2.05) is 0 Å². The number of amides is 1. The van der Waals surface area contributed by atoms with Gasteiger partial charge in [0, 0.05) is 79.1 Å². The molecule has 4 aromatic heterocycles. The molecule has 5 rings (SSSR count). The Hall–Kier alpha value is -4.05. The van der Waals surface area contributed by atoms with Gasteiger partial charge >= 0.3 is 0 Å². The number of anilines is 2. The van der Waals surface area contributed by atoms with Gasteiger partial charge in [0.2, 0.25) is 0 Å². The van der Waals surface area contributed by atoms with Crippen LogP contribution in [0.25, 0.3) is 22.2 Å². The fourth-order valence-corrected chi connectivity index (χ4v) is 3.92. The number of fused-ring (bicyclic) bond motifs is 1. The molecule has 1 fully saturated rings. The fraction of sp³-hybridized carbons (Fsp3) is 0.240. The first-order valence-corrected chi connectivity index (χ1v) is 11.2. The van der Waals surface area contributed by atoms with Crippen LogP contribution in [0.4, 0.5) is 20.4 Å². The molecule has 0 spiro atoms. The molecule has 0 atom stereocenters. The highest BCUT2D eigenvalue weighted by Gasteiger charge is 2.17. The maximum Gasteiger partial charge on any atom is 0.265 e. The van der Waals surface area contributed by atoms with Gasteiger partial charge in [-0.05, 0) is 37.4 Å². The molecule has 0 aromatic carbocycles. The summed E-state index contributed by atoms with van der Waals surface area (Å²) < 4.78 is 26.1. The summed E-state index contributed by atoms with van der Waals surface area (Å²) in [6.07, 6.45) is 3.26. The van der Waals surface area contributed by atoms with Gasteiger partial charge in [-0.3, -0.25) is 9.78 Å². The van der Waals surface area contributed by atoms with Crippen LogP contribution in [0.3, 0.4) is 0 Å². The summed E-state index contributed by atoms with van der Waals surface area (Å²) in [6.45, 7) is 3.59. The van der Waals surface area contributed by atoms with Crippen LogP contribution in [0.5, 0.6) is 0 Å². The van der Waals surface area contributed by atoms with Gasteiger partial charge in [0.1, 0.15) is 11.6 Å². The van der Waals surface area contributed by atoms with Gasteiger partial charge in [-0.15, -0.1) is 0 Å². The van der Waals surface area contributed by atoms with E-state index < -0.39 is 6.43 Å². The lowest BCUT2D eigenvalue weighted by atomic mass is 10.1. The highest BCUT2D eigenvalue weighted by Crippen LogP contribution is 2.26. The Morgan fingerprint density at radius 1 is 1.00 bits per heavy atom. The predicted molar refractivity (Wildman–Crippen MR) is 130 cm³/mol. The number of carbonyl (C=O) groups excluding carboxylic acids is 1. The summed E-state index contributed by atoms with van der Waals surface area (Å²) >= 11 is 0. The number of hydrogen-bond donors (Lipinski definition) is 1. The normalized spacial score (nSPS) is 14.5. The van der Waals surface area contributed by atoms with Crippen molar-refractivity contribution < 1.29 is 13.6 Å². The number of rotatable bonds is 5. The third-order valence-electron chi connectivity index (χ3n) is 5.96. The van der Waals surface area contributed by atoms with Crippen molar-refractivity contribution in [3.63, 3.8) is 0 Å². The molecule has 1 aliphatic heterocycles. The lowest BCUT2D eigenvalue weighted by molar-refractivity contribution is 0.102. The van der Waals surface area contributed by atoms with Crippen molar-refractivity contribution in [1.82, 2.24) is 24.8 Å². The molecule has 0 radical (unpaired) electrons. The Morgan fingerprint density at radius 3 is 2.63 bits per heavy atom. The Bertz CT molecular complexity index is 1370. The third kappa shape index (κ3) is 5.07. The summed E-state index contributed by atoms with van der Waals surface area (Å²) in [6, 6.07) is 10.00. The van der Waals surface area contributed by atoms with Crippen molar-refractivity contribution in [1.29, 1.82) is 0 Å².